The molecule has 0 radical (unpaired) electrons. The lowest BCUT2D eigenvalue weighted by Crippen LogP contribution is -2.36. The molecular weight excluding hydrogens is 266 g/mol. The predicted molar refractivity (Wildman–Crippen MR) is 70.2 cm³/mol. The molecule has 0 bridgehead atoms. The Hall–Kier alpha value is -2.38. The van der Waals surface area contributed by atoms with E-state index in [1.54, 1.807) is 6.92 Å². The fourth-order valence-corrected chi connectivity index (χ4v) is 1.70. The number of nitrogens with zero attached hydrogens (tertiary/aromatic N) is 1. The van der Waals surface area contributed by atoms with Gasteiger partial charge in [0, 0.05) is 25.4 Å². The first kappa shape index (κ1) is 15.7. The largest absolute Gasteiger partial charge is 0.469 e. The molecule has 0 aliphatic rings. The molecule has 1 unspecified atom stereocenters. The number of hydrogen-bond acceptors (Lipinski definition) is 5. The molecule has 2 N–H and O–H groups in total. The molecule has 0 aromatic carbocycles. The molecule has 1 aromatic heterocycles. The van der Waals surface area contributed by atoms with Crippen molar-refractivity contribution in [3.8, 4) is 0 Å². The number of H-pyrrole nitrogens is 2. The second-order valence-electron chi connectivity index (χ2n) is 4.49. The van der Waals surface area contributed by atoms with Gasteiger partial charge < -0.3 is 14.6 Å². The minimum atomic E-state index is -0.661. The smallest absolute Gasteiger partial charge is 0.325 e. The first-order valence-corrected chi connectivity index (χ1v) is 5.97. The highest BCUT2D eigenvalue weighted by atomic mass is 16.5. The van der Waals surface area contributed by atoms with Crippen molar-refractivity contribution in [3.63, 3.8) is 0 Å². The second kappa shape index (κ2) is 6.69. The van der Waals surface area contributed by atoms with E-state index in [0.717, 1.165) is 6.07 Å². The SMILES string of the molecule is COC(=O)C(C)CN(C)C(=O)Cc1cc(=O)[nH]c(=O)[nH]1. The van der Waals surface area contributed by atoms with Crippen molar-refractivity contribution >= 4 is 11.9 Å². The first-order valence-electron chi connectivity index (χ1n) is 5.97. The number of carbonyl (C=O) groups excluding carboxylic acids is 2. The zero-order chi connectivity index (χ0) is 15.3. The number of aromatic nitrogens is 2. The van der Waals surface area contributed by atoms with Gasteiger partial charge in [0.05, 0.1) is 19.4 Å². The van der Waals surface area contributed by atoms with Gasteiger partial charge >= 0.3 is 11.7 Å². The third-order valence-electron chi connectivity index (χ3n) is 2.73. The summed E-state index contributed by atoms with van der Waals surface area (Å²) in [4.78, 5) is 51.1. The maximum atomic E-state index is 11.9. The molecule has 1 aromatic rings. The summed E-state index contributed by atoms with van der Waals surface area (Å²) in [6.45, 7) is 1.84. The van der Waals surface area contributed by atoms with Crippen LogP contribution in [0.5, 0.6) is 0 Å². The van der Waals surface area contributed by atoms with Crippen molar-refractivity contribution in [1.82, 2.24) is 14.9 Å². The lowest BCUT2D eigenvalue weighted by atomic mass is 10.1. The molecule has 8 nitrogen and oxygen atoms in total. The first-order chi connectivity index (χ1) is 9.33. The van der Waals surface area contributed by atoms with E-state index < -0.39 is 23.1 Å². The van der Waals surface area contributed by atoms with Crippen molar-refractivity contribution in [3.05, 3.63) is 32.6 Å². The van der Waals surface area contributed by atoms with E-state index in [1.807, 2.05) is 4.98 Å². The van der Waals surface area contributed by atoms with Gasteiger partial charge in [0.1, 0.15) is 0 Å². The summed E-state index contributed by atoms with van der Waals surface area (Å²) in [6, 6.07) is 1.15. The van der Waals surface area contributed by atoms with Gasteiger partial charge in [-0.05, 0) is 0 Å². The molecule has 1 rings (SSSR count). The van der Waals surface area contributed by atoms with Crippen molar-refractivity contribution in [2.75, 3.05) is 20.7 Å². The molecular formula is C12H17N3O5. The molecule has 20 heavy (non-hydrogen) atoms. The van der Waals surface area contributed by atoms with Gasteiger partial charge in [-0.1, -0.05) is 6.92 Å². The summed E-state index contributed by atoms with van der Waals surface area (Å²) in [5.41, 5.74) is -1.01. The molecule has 0 saturated heterocycles. The van der Waals surface area contributed by atoms with Crippen LogP contribution in [0.15, 0.2) is 15.7 Å². The Balaban J connectivity index is 2.68. The molecule has 1 atom stereocenters. The van der Waals surface area contributed by atoms with E-state index in [0.29, 0.717) is 0 Å². The minimum Gasteiger partial charge on any atom is -0.469 e. The summed E-state index contributed by atoms with van der Waals surface area (Å²) >= 11 is 0. The Morgan fingerprint density at radius 2 is 2.00 bits per heavy atom. The maximum Gasteiger partial charge on any atom is 0.325 e. The summed E-state index contributed by atoms with van der Waals surface area (Å²) in [5, 5.41) is 0. The van der Waals surface area contributed by atoms with Crippen LogP contribution in [0.3, 0.4) is 0 Å². The Morgan fingerprint density at radius 1 is 1.35 bits per heavy atom. The average Bonchev–Trinajstić information content (AvgIpc) is 2.36. The number of ether oxygens (including phenoxy) is 1. The van der Waals surface area contributed by atoms with Gasteiger partial charge in [0.2, 0.25) is 5.91 Å². The van der Waals surface area contributed by atoms with Crippen LogP contribution < -0.4 is 11.2 Å². The Kier molecular flexibility index (Phi) is 5.24. The monoisotopic (exact) mass is 283 g/mol. The van der Waals surface area contributed by atoms with Crippen LogP contribution in [0.4, 0.5) is 0 Å². The van der Waals surface area contributed by atoms with E-state index in [9.17, 15) is 19.2 Å². The summed E-state index contributed by atoms with van der Waals surface area (Å²) in [5.74, 6) is -1.18. The third kappa shape index (κ3) is 4.38. The Labute approximate surface area is 114 Å². The van der Waals surface area contributed by atoms with Gasteiger partial charge in [0.25, 0.3) is 5.56 Å². The number of likely N-dealkylation sites (N-methyl/N-ethyl adjacent to an activating group) is 1. The van der Waals surface area contributed by atoms with Gasteiger partial charge in [-0.2, -0.15) is 0 Å². The molecule has 1 amide bonds. The third-order valence-corrected chi connectivity index (χ3v) is 2.73. The number of methoxy groups -OCH3 is 1. The van der Waals surface area contributed by atoms with Crippen molar-refractivity contribution in [1.29, 1.82) is 0 Å². The fraction of sp³-hybridized carbons (Fsp3) is 0.500. The second-order valence-corrected chi connectivity index (χ2v) is 4.49. The number of carbonyl (C=O) groups is 2. The van der Waals surface area contributed by atoms with Crippen LogP contribution in [0.2, 0.25) is 0 Å². The molecule has 8 heteroatoms. The molecule has 110 valence electrons. The summed E-state index contributed by atoms with van der Waals surface area (Å²) < 4.78 is 4.57. The lowest BCUT2D eigenvalue weighted by molar-refractivity contribution is -0.146. The number of rotatable bonds is 5. The number of esters is 1. The number of hydrogen-bond donors (Lipinski definition) is 2. The predicted octanol–water partition coefficient (Wildman–Crippen LogP) is -1.13. The van der Waals surface area contributed by atoms with E-state index in [4.69, 9.17) is 0 Å². The van der Waals surface area contributed by atoms with Crippen LogP contribution in [-0.2, 0) is 20.7 Å². The maximum absolute atomic E-state index is 11.9. The zero-order valence-corrected chi connectivity index (χ0v) is 11.6. The van der Waals surface area contributed by atoms with Gasteiger partial charge in [0.15, 0.2) is 0 Å². The normalized spacial score (nSPS) is 11.8. The number of amides is 1. The standard InChI is InChI=1S/C12H17N3O5/c1-7(11(18)20-3)6-15(2)10(17)5-8-4-9(16)14-12(19)13-8/h4,7H,5-6H2,1-3H3,(H2,13,14,16,19). The fourth-order valence-electron chi connectivity index (χ4n) is 1.70. The molecule has 0 saturated carbocycles. The summed E-state index contributed by atoms with van der Waals surface area (Å²) in [6.07, 6.45) is -0.121. The van der Waals surface area contributed by atoms with E-state index in [1.165, 1.54) is 19.1 Å². The van der Waals surface area contributed by atoms with Crippen LogP contribution in [0.25, 0.3) is 0 Å². The topological polar surface area (TPSA) is 112 Å². The Bertz CT molecular complexity index is 575. The highest BCUT2D eigenvalue weighted by molar-refractivity contribution is 5.79. The van der Waals surface area contributed by atoms with Crippen LogP contribution in [-0.4, -0.2) is 47.4 Å². The van der Waals surface area contributed by atoms with Crippen LogP contribution >= 0.6 is 0 Å². The van der Waals surface area contributed by atoms with Crippen LogP contribution in [0, 0.1) is 5.92 Å². The molecule has 0 spiro atoms. The molecule has 0 fully saturated rings. The quantitative estimate of drug-likeness (QED) is 0.664. The van der Waals surface area contributed by atoms with Crippen LogP contribution in [0.1, 0.15) is 12.6 Å². The highest BCUT2D eigenvalue weighted by Gasteiger charge is 2.19. The van der Waals surface area contributed by atoms with E-state index >= 15 is 0 Å². The number of nitrogens with one attached hydrogen (secondary N) is 2. The highest BCUT2D eigenvalue weighted by Crippen LogP contribution is 2.02. The van der Waals surface area contributed by atoms with Gasteiger partial charge in [-0.25, -0.2) is 4.79 Å². The lowest BCUT2D eigenvalue weighted by Gasteiger charge is -2.20. The van der Waals surface area contributed by atoms with Gasteiger partial charge in [-0.15, -0.1) is 0 Å². The molecule has 0 aliphatic carbocycles. The van der Waals surface area contributed by atoms with Crippen molar-refractivity contribution in [2.24, 2.45) is 5.92 Å². The van der Waals surface area contributed by atoms with E-state index in [2.05, 4.69) is 9.72 Å². The summed E-state index contributed by atoms with van der Waals surface area (Å²) in [7, 11) is 2.81. The van der Waals surface area contributed by atoms with E-state index in [-0.39, 0.29) is 24.6 Å². The molecule has 1 heterocycles. The average molecular weight is 283 g/mol. The number of aromatic amines is 2. The Morgan fingerprint density at radius 3 is 2.55 bits per heavy atom. The van der Waals surface area contributed by atoms with Crippen molar-refractivity contribution in [2.45, 2.75) is 13.3 Å². The zero-order valence-electron chi connectivity index (χ0n) is 11.6. The minimum absolute atomic E-state index is 0.121. The molecule has 0 aliphatic heterocycles. The van der Waals surface area contributed by atoms with Gasteiger partial charge in [-0.3, -0.25) is 19.4 Å². The van der Waals surface area contributed by atoms with Crippen molar-refractivity contribution < 1.29 is 14.3 Å².